The number of nitrogens with zero attached hydrogens (tertiary/aromatic N) is 3. The van der Waals surface area contributed by atoms with E-state index in [1.165, 1.54) is 16.0 Å². The highest BCUT2D eigenvalue weighted by Crippen LogP contribution is 2.34. The van der Waals surface area contributed by atoms with E-state index in [9.17, 15) is 18.0 Å². The Morgan fingerprint density at radius 2 is 1.85 bits per heavy atom. The lowest BCUT2D eigenvalue weighted by Crippen LogP contribution is -2.47. The highest BCUT2D eigenvalue weighted by molar-refractivity contribution is 8.08. The lowest BCUT2D eigenvalue weighted by Gasteiger charge is -2.32. The molecule has 2 aliphatic rings. The normalized spacial score (nSPS) is 19.3. The number of sulfone groups is 1. The van der Waals surface area contributed by atoms with Gasteiger partial charge < -0.3 is 9.64 Å². The fourth-order valence-electron chi connectivity index (χ4n) is 3.31. The van der Waals surface area contributed by atoms with Gasteiger partial charge in [0, 0.05) is 13.1 Å². The zero-order chi connectivity index (χ0) is 19.6. The van der Waals surface area contributed by atoms with Gasteiger partial charge in [-0.3, -0.25) is 4.79 Å². The molecule has 27 heavy (non-hydrogen) atoms. The smallest absolute Gasteiger partial charge is 0.330 e. The minimum Gasteiger partial charge on any atom is -0.464 e. The molecule has 1 saturated heterocycles. The molecule has 1 aromatic rings. The molecule has 0 spiro atoms. The second-order valence-corrected chi connectivity index (χ2v) is 8.23. The van der Waals surface area contributed by atoms with E-state index in [0.717, 1.165) is 12.8 Å². The summed E-state index contributed by atoms with van der Waals surface area (Å²) in [6.45, 7) is 4.69. The number of carbonyl (C=O) groups is 2. The van der Waals surface area contributed by atoms with Crippen LogP contribution in [0.25, 0.3) is 0 Å². The first-order valence-corrected chi connectivity index (χ1v) is 10.6. The lowest BCUT2D eigenvalue weighted by atomic mass is 10.2. The molecular formula is C18H23N3O5S. The van der Waals surface area contributed by atoms with Crippen molar-refractivity contribution in [2.75, 3.05) is 24.7 Å². The van der Waals surface area contributed by atoms with Crippen molar-refractivity contribution >= 4 is 32.4 Å². The summed E-state index contributed by atoms with van der Waals surface area (Å²) in [5.74, 6) is -1.13. The van der Waals surface area contributed by atoms with Crippen LogP contribution >= 0.6 is 0 Å². The fourth-order valence-corrected chi connectivity index (χ4v) is 4.77. The molecule has 0 bridgehead atoms. The minimum absolute atomic E-state index is 0.0229. The highest BCUT2D eigenvalue weighted by Gasteiger charge is 2.42. The average Bonchev–Trinajstić information content (AvgIpc) is 3.18. The quantitative estimate of drug-likeness (QED) is 0.705. The third-order valence-corrected chi connectivity index (χ3v) is 6.36. The van der Waals surface area contributed by atoms with E-state index in [0.29, 0.717) is 19.5 Å². The van der Waals surface area contributed by atoms with Crippen molar-refractivity contribution in [2.45, 2.75) is 44.0 Å². The van der Waals surface area contributed by atoms with Gasteiger partial charge in [0.15, 0.2) is 0 Å². The molecule has 146 valence electrons. The van der Waals surface area contributed by atoms with Crippen LogP contribution in [-0.4, -0.2) is 56.0 Å². The lowest BCUT2D eigenvalue weighted by molar-refractivity contribution is -0.144. The molecule has 0 saturated carbocycles. The number of likely N-dealkylation sites (tertiary alicyclic amines) is 1. The first kappa shape index (κ1) is 19.3. The molecule has 9 heteroatoms. The van der Waals surface area contributed by atoms with E-state index < -0.39 is 32.8 Å². The van der Waals surface area contributed by atoms with Crippen LogP contribution in [0.1, 0.15) is 33.1 Å². The van der Waals surface area contributed by atoms with Gasteiger partial charge in [-0.25, -0.2) is 18.2 Å². The van der Waals surface area contributed by atoms with Crippen LogP contribution < -0.4 is 5.01 Å². The van der Waals surface area contributed by atoms with Gasteiger partial charge in [-0.1, -0.05) is 19.1 Å². The number of benzene rings is 1. The van der Waals surface area contributed by atoms with Crippen molar-refractivity contribution in [1.82, 2.24) is 4.90 Å². The fraction of sp³-hybridized carbons (Fsp3) is 0.500. The molecule has 0 N–H and O–H groups in total. The molecule has 1 aromatic carbocycles. The van der Waals surface area contributed by atoms with E-state index in [1.54, 1.807) is 32.0 Å². The number of amides is 1. The second kappa shape index (κ2) is 7.67. The number of para-hydroxylation sites is 1. The van der Waals surface area contributed by atoms with Crippen molar-refractivity contribution in [3.8, 4) is 0 Å². The Bertz CT molecular complexity index is 875. The monoisotopic (exact) mass is 393 g/mol. The third kappa shape index (κ3) is 3.43. The Labute approximate surface area is 158 Å². The van der Waals surface area contributed by atoms with Crippen LogP contribution in [-0.2, 0) is 24.2 Å². The van der Waals surface area contributed by atoms with Crippen LogP contribution in [0, 0.1) is 0 Å². The average molecular weight is 393 g/mol. The molecule has 3 rings (SSSR count). The first-order chi connectivity index (χ1) is 12.9. The Morgan fingerprint density at radius 3 is 2.48 bits per heavy atom. The van der Waals surface area contributed by atoms with Crippen molar-refractivity contribution < 1.29 is 22.7 Å². The van der Waals surface area contributed by atoms with Crippen LogP contribution in [0.2, 0.25) is 0 Å². The summed E-state index contributed by atoms with van der Waals surface area (Å²) >= 11 is 0. The maximum Gasteiger partial charge on any atom is 0.330 e. The topological polar surface area (TPSA) is 96.3 Å². The molecule has 0 aliphatic carbocycles. The van der Waals surface area contributed by atoms with Crippen LogP contribution in [0.3, 0.4) is 0 Å². The van der Waals surface area contributed by atoms with Gasteiger partial charge in [0.25, 0.3) is 5.91 Å². The predicted octanol–water partition coefficient (Wildman–Crippen LogP) is 1.56. The number of anilines is 1. The van der Waals surface area contributed by atoms with Crippen LogP contribution in [0.4, 0.5) is 5.69 Å². The molecule has 1 atom stereocenters. The van der Waals surface area contributed by atoms with Gasteiger partial charge in [0.05, 0.1) is 17.2 Å². The summed E-state index contributed by atoms with van der Waals surface area (Å²) in [6.07, 6.45) is 2.02. The number of hydrogen-bond acceptors (Lipinski definition) is 7. The number of hydrazone groups is 1. The van der Waals surface area contributed by atoms with Gasteiger partial charge >= 0.3 is 5.97 Å². The number of ether oxygens (including phenoxy) is 1. The van der Waals surface area contributed by atoms with Gasteiger partial charge in [-0.05, 0) is 38.3 Å². The predicted molar refractivity (Wildman–Crippen MR) is 100 cm³/mol. The SMILES string of the molecule is CCOC(=O)C(CC)N1N=C(C(=O)N2CCCC2)S(=O)(=O)c2ccccc21. The standard InChI is InChI=1S/C18H23N3O5S/c1-3-13(18(23)26-4-2)21-14-9-5-6-10-15(14)27(24,25)16(19-21)17(22)20-11-7-8-12-20/h5-6,9-10,13H,3-4,7-8,11-12H2,1-2H3. The number of rotatable bonds is 5. The molecule has 8 nitrogen and oxygen atoms in total. The van der Waals surface area contributed by atoms with Gasteiger partial charge in [0.2, 0.25) is 14.9 Å². The molecule has 1 unspecified atom stereocenters. The van der Waals surface area contributed by atoms with Crippen molar-refractivity contribution in [2.24, 2.45) is 5.10 Å². The second-order valence-electron chi connectivity index (χ2n) is 6.40. The number of hydrogen-bond donors (Lipinski definition) is 0. The molecule has 1 amide bonds. The maximum atomic E-state index is 13.0. The number of carbonyl (C=O) groups excluding carboxylic acids is 2. The highest BCUT2D eigenvalue weighted by atomic mass is 32.2. The van der Waals surface area contributed by atoms with E-state index in [1.807, 2.05) is 0 Å². The molecule has 0 aromatic heterocycles. The number of esters is 1. The van der Waals surface area contributed by atoms with Crippen LogP contribution in [0.15, 0.2) is 34.3 Å². The zero-order valence-electron chi connectivity index (χ0n) is 15.4. The summed E-state index contributed by atoms with van der Waals surface area (Å²) in [7, 11) is -4.07. The molecule has 1 fully saturated rings. The van der Waals surface area contributed by atoms with E-state index in [-0.39, 0.29) is 17.2 Å². The largest absolute Gasteiger partial charge is 0.464 e. The Balaban J connectivity index is 2.11. The third-order valence-electron chi connectivity index (χ3n) is 4.67. The van der Waals surface area contributed by atoms with Crippen molar-refractivity contribution in [1.29, 1.82) is 0 Å². The molecule has 2 aliphatic heterocycles. The van der Waals surface area contributed by atoms with E-state index in [2.05, 4.69) is 5.10 Å². The van der Waals surface area contributed by atoms with Gasteiger partial charge in [-0.15, -0.1) is 0 Å². The summed E-state index contributed by atoms with van der Waals surface area (Å²) in [5, 5.41) is 4.95. The van der Waals surface area contributed by atoms with Crippen molar-refractivity contribution in [3.05, 3.63) is 24.3 Å². The molecule has 2 heterocycles. The first-order valence-electron chi connectivity index (χ1n) is 9.09. The number of fused-ring (bicyclic) bond motifs is 1. The van der Waals surface area contributed by atoms with E-state index >= 15 is 0 Å². The minimum atomic E-state index is -4.07. The Hall–Kier alpha value is -2.42. The Kier molecular flexibility index (Phi) is 5.50. The van der Waals surface area contributed by atoms with Gasteiger partial charge in [0.1, 0.15) is 6.04 Å². The summed E-state index contributed by atoms with van der Waals surface area (Å²) in [4.78, 5) is 26.7. The van der Waals surface area contributed by atoms with Crippen molar-refractivity contribution in [3.63, 3.8) is 0 Å². The summed E-state index contributed by atoms with van der Waals surface area (Å²) in [5.41, 5.74) is 0.273. The zero-order valence-corrected chi connectivity index (χ0v) is 16.2. The maximum absolute atomic E-state index is 13.0. The molecular weight excluding hydrogens is 370 g/mol. The summed E-state index contributed by atoms with van der Waals surface area (Å²) < 4.78 is 31.2. The van der Waals surface area contributed by atoms with E-state index in [4.69, 9.17) is 4.74 Å². The van der Waals surface area contributed by atoms with Crippen LogP contribution in [0.5, 0.6) is 0 Å². The Morgan fingerprint density at radius 1 is 1.19 bits per heavy atom. The van der Waals surface area contributed by atoms with Gasteiger partial charge in [-0.2, -0.15) is 5.10 Å². The molecule has 0 radical (unpaired) electrons. The summed E-state index contributed by atoms with van der Waals surface area (Å²) in [6, 6.07) is 5.45.